The van der Waals surface area contributed by atoms with Crippen LogP contribution in [0.5, 0.6) is 5.75 Å². The summed E-state index contributed by atoms with van der Waals surface area (Å²) in [5.41, 5.74) is 5.31. The van der Waals surface area contributed by atoms with Crippen molar-refractivity contribution in [2.24, 2.45) is 0 Å². The van der Waals surface area contributed by atoms with E-state index in [9.17, 15) is 4.79 Å². The average molecular weight is 382 g/mol. The van der Waals surface area contributed by atoms with Crippen molar-refractivity contribution in [2.75, 3.05) is 13.7 Å². The fraction of sp³-hybridized carbons (Fsp3) is 0.160. The lowest BCUT2D eigenvalue weighted by Crippen LogP contribution is -2.40. The highest BCUT2D eigenvalue weighted by molar-refractivity contribution is 5.95. The van der Waals surface area contributed by atoms with Crippen LogP contribution in [-0.4, -0.2) is 29.4 Å². The van der Waals surface area contributed by atoms with E-state index in [1.807, 2.05) is 53.4 Å². The number of hydrogen-bond donors (Lipinski definition) is 1. The summed E-state index contributed by atoms with van der Waals surface area (Å²) in [6, 6.07) is 25.7. The van der Waals surface area contributed by atoms with Crippen LogP contribution in [-0.2, 0) is 6.42 Å². The van der Waals surface area contributed by atoms with Gasteiger partial charge in [0.1, 0.15) is 5.75 Å². The third kappa shape index (κ3) is 2.97. The van der Waals surface area contributed by atoms with Crippen LogP contribution in [0, 0.1) is 0 Å². The lowest BCUT2D eigenvalue weighted by Gasteiger charge is -2.36. The molecular formula is C25H22N2O2. The molecular weight excluding hydrogens is 360 g/mol. The number of aromatic nitrogens is 1. The monoisotopic (exact) mass is 382 g/mol. The fourth-order valence-corrected chi connectivity index (χ4v) is 4.34. The molecule has 29 heavy (non-hydrogen) atoms. The highest BCUT2D eigenvalue weighted by Gasteiger charge is 2.34. The van der Waals surface area contributed by atoms with Gasteiger partial charge >= 0.3 is 0 Å². The maximum atomic E-state index is 13.4. The molecule has 0 radical (unpaired) electrons. The summed E-state index contributed by atoms with van der Waals surface area (Å²) in [5.74, 6) is 0.859. The highest BCUT2D eigenvalue weighted by atomic mass is 16.5. The molecule has 1 amide bonds. The second-order valence-corrected chi connectivity index (χ2v) is 7.35. The molecule has 0 saturated heterocycles. The van der Waals surface area contributed by atoms with Gasteiger partial charge in [0.2, 0.25) is 0 Å². The SMILES string of the molecule is COc1ccc(C2c3[nH]c4ccccc4c3CCN2C(=O)c2ccccc2)cc1. The van der Waals surface area contributed by atoms with E-state index in [1.165, 1.54) is 10.9 Å². The summed E-state index contributed by atoms with van der Waals surface area (Å²) in [4.78, 5) is 19.0. The molecule has 0 spiro atoms. The first-order valence-corrected chi connectivity index (χ1v) is 9.85. The van der Waals surface area contributed by atoms with Crippen LogP contribution in [0.15, 0.2) is 78.9 Å². The molecule has 144 valence electrons. The van der Waals surface area contributed by atoms with E-state index in [0.717, 1.165) is 28.9 Å². The highest BCUT2D eigenvalue weighted by Crippen LogP contribution is 2.39. The standard InChI is InChI=1S/C25H22N2O2/c1-29-19-13-11-17(12-14-19)24-23-21(20-9-5-6-10-22(20)26-23)15-16-27(24)25(28)18-7-3-2-4-8-18/h2-14,24,26H,15-16H2,1H3. The summed E-state index contributed by atoms with van der Waals surface area (Å²) in [5, 5.41) is 1.24. The van der Waals surface area contributed by atoms with E-state index in [1.54, 1.807) is 7.11 Å². The first-order valence-electron chi connectivity index (χ1n) is 9.85. The van der Waals surface area contributed by atoms with E-state index in [0.29, 0.717) is 12.1 Å². The van der Waals surface area contributed by atoms with Crippen molar-refractivity contribution >= 4 is 16.8 Å². The smallest absolute Gasteiger partial charge is 0.254 e. The van der Waals surface area contributed by atoms with E-state index in [-0.39, 0.29) is 11.9 Å². The van der Waals surface area contributed by atoms with Crippen LogP contribution < -0.4 is 4.74 Å². The Morgan fingerprint density at radius 1 is 0.966 bits per heavy atom. The van der Waals surface area contributed by atoms with Gasteiger partial charge in [0.15, 0.2) is 0 Å². The molecule has 1 atom stereocenters. The molecule has 5 rings (SSSR count). The zero-order valence-corrected chi connectivity index (χ0v) is 16.3. The Bertz CT molecular complexity index is 1160. The van der Waals surface area contributed by atoms with Gasteiger partial charge in [-0.05, 0) is 47.9 Å². The van der Waals surface area contributed by atoms with E-state index >= 15 is 0 Å². The summed E-state index contributed by atoms with van der Waals surface area (Å²) in [6.07, 6.45) is 0.838. The number of fused-ring (bicyclic) bond motifs is 3. The molecule has 1 unspecified atom stereocenters. The number of methoxy groups -OCH3 is 1. The van der Waals surface area contributed by atoms with Crippen LogP contribution in [0.3, 0.4) is 0 Å². The van der Waals surface area contributed by atoms with Crippen molar-refractivity contribution in [2.45, 2.75) is 12.5 Å². The number of amides is 1. The summed E-state index contributed by atoms with van der Waals surface area (Å²) >= 11 is 0. The predicted molar refractivity (Wildman–Crippen MR) is 114 cm³/mol. The third-order valence-electron chi connectivity index (χ3n) is 5.75. The second-order valence-electron chi connectivity index (χ2n) is 7.35. The van der Waals surface area contributed by atoms with Gasteiger partial charge in [0, 0.05) is 28.7 Å². The molecule has 2 heterocycles. The Labute approximate surface area is 169 Å². The van der Waals surface area contributed by atoms with E-state index < -0.39 is 0 Å². The Morgan fingerprint density at radius 3 is 2.45 bits per heavy atom. The molecule has 0 bridgehead atoms. The van der Waals surface area contributed by atoms with Crippen molar-refractivity contribution in [3.8, 4) is 5.75 Å². The van der Waals surface area contributed by atoms with E-state index in [4.69, 9.17) is 4.74 Å². The Balaban J connectivity index is 1.65. The zero-order valence-electron chi connectivity index (χ0n) is 16.3. The quantitative estimate of drug-likeness (QED) is 0.544. The van der Waals surface area contributed by atoms with Gasteiger partial charge in [-0.15, -0.1) is 0 Å². The number of carbonyl (C=O) groups is 1. The zero-order chi connectivity index (χ0) is 19.8. The second kappa shape index (κ2) is 7.13. The van der Waals surface area contributed by atoms with Crippen LogP contribution in [0.25, 0.3) is 10.9 Å². The molecule has 0 saturated carbocycles. The number of benzene rings is 3. The summed E-state index contributed by atoms with van der Waals surface area (Å²) in [7, 11) is 1.66. The average Bonchev–Trinajstić information content (AvgIpc) is 3.17. The molecule has 1 N–H and O–H groups in total. The molecule has 0 fully saturated rings. The van der Waals surface area contributed by atoms with Crippen LogP contribution in [0.4, 0.5) is 0 Å². The lowest BCUT2D eigenvalue weighted by atomic mass is 9.91. The molecule has 1 aromatic heterocycles. The molecule has 4 nitrogen and oxygen atoms in total. The van der Waals surface area contributed by atoms with Gasteiger partial charge in [-0.25, -0.2) is 0 Å². The maximum absolute atomic E-state index is 13.4. The van der Waals surface area contributed by atoms with Crippen LogP contribution >= 0.6 is 0 Å². The Morgan fingerprint density at radius 2 is 1.69 bits per heavy atom. The number of aromatic amines is 1. The minimum Gasteiger partial charge on any atom is -0.497 e. The molecule has 4 heteroatoms. The number of nitrogens with one attached hydrogen (secondary N) is 1. The number of rotatable bonds is 3. The number of para-hydroxylation sites is 1. The fourth-order valence-electron chi connectivity index (χ4n) is 4.34. The van der Waals surface area contributed by atoms with Crippen LogP contribution in [0.1, 0.15) is 33.2 Å². The number of carbonyl (C=O) groups excluding carboxylic acids is 1. The topological polar surface area (TPSA) is 45.3 Å². The minimum absolute atomic E-state index is 0.0516. The van der Waals surface area contributed by atoms with Gasteiger partial charge in [0.05, 0.1) is 13.2 Å². The number of nitrogens with zero attached hydrogens (tertiary/aromatic N) is 1. The molecule has 3 aromatic carbocycles. The van der Waals surface area contributed by atoms with Gasteiger partial charge < -0.3 is 14.6 Å². The molecule has 1 aliphatic rings. The summed E-state index contributed by atoms with van der Waals surface area (Å²) < 4.78 is 5.33. The number of hydrogen-bond acceptors (Lipinski definition) is 2. The number of H-pyrrole nitrogens is 1. The summed E-state index contributed by atoms with van der Waals surface area (Å²) in [6.45, 7) is 0.680. The number of ether oxygens (including phenoxy) is 1. The van der Waals surface area contributed by atoms with Crippen molar-refractivity contribution in [1.82, 2.24) is 9.88 Å². The lowest BCUT2D eigenvalue weighted by molar-refractivity contribution is 0.0692. The first kappa shape index (κ1) is 17.6. The van der Waals surface area contributed by atoms with Crippen molar-refractivity contribution in [3.63, 3.8) is 0 Å². The predicted octanol–water partition coefficient (Wildman–Crippen LogP) is 4.96. The Kier molecular flexibility index (Phi) is 4.32. The molecule has 1 aliphatic heterocycles. The Hall–Kier alpha value is -3.53. The third-order valence-corrected chi connectivity index (χ3v) is 5.75. The van der Waals surface area contributed by atoms with Crippen molar-refractivity contribution in [1.29, 1.82) is 0 Å². The van der Waals surface area contributed by atoms with Crippen molar-refractivity contribution < 1.29 is 9.53 Å². The van der Waals surface area contributed by atoms with Gasteiger partial charge in [-0.1, -0.05) is 48.5 Å². The first-order chi connectivity index (χ1) is 14.3. The molecule has 0 aliphatic carbocycles. The van der Waals surface area contributed by atoms with Gasteiger partial charge in [-0.2, -0.15) is 0 Å². The van der Waals surface area contributed by atoms with Crippen LogP contribution in [0.2, 0.25) is 0 Å². The van der Waals surface area contributed by atoms with E-state index in [2.05, 4.69) is 35.3 Å². The maximum Gasteiger partial charge on any atom is 0.254 e. The van der Waals surface area contributed by atoms with Gasteiger partial charge in [0.25, 0.3) is 5.91 Å². The van der Waals surface area contributed by atoms with Gasteiger partial charge in [-0.3, -0.25) is 4.79 Å². The van der Waals surface area contributed by atoms with Crippen molar-refractivity contribution in [3.05, 3.63) is 101 Å². The normalized spacial score (nSPS) is 15.9. The largest absolute Gasteiger partial charge is 0.497 e. The minimum atomic E-state index is -0.162. The molecule has 4 aromatic rings.